The summed E-state index contributed by atoms with van der Waals surface area (Å²) in [5.74, 6) is 1.37. The van der Waals surface area contributed by atoms with Crippen molar-refractivity contribution in [3.8, 4) is 11.3 Å². The van der Waals surface area contributed by atoms with E-state index in [0.717, 1.165) is 28.1 Å². The smallest absolute Gasteiger partial charge is 0.267 e. The molecule has 1 unspecified atom stereocenters. The molecular weight excluding hydrogens is 511 g/mol. The fourth-order valence-corrected chi connectivity index (χ4v) is 4.37. The van der Waals surface area contributed by atoms with Crippen LogP contribution in [0.15, 0.2) is 83.4 Å². The van der Waals surface area contributed by atoms with E-state index in [1.54, 1.807) is 12.1 Å². The van der Waals surface area contributed by atoms with Gasteiger partial charge in [0.05, 0.1) is 11.3 Å². The molecule has 0 fully saturated rings. The minimum atomic E-state index is -0.352. The van der Waals surface area contributed by atoms with Crippen LogP contribution >= 0.6 is 23.2 Å². The Balaban J connectivity index is 1.38. The second kappa shape index (κ2) is 9.61. The highest BCUT2D eigenvalue weighted by molar-refractivity contribution is 6.30. The second-order valence-corrected chi connectivity index (χ2v) is 9.25. The van der Waals surface area contributed by atoms with Crippen LogP contribution in [0.3, 0.4) is 0 Å². The molecule has 3 N–H and O–H groups in total. The van der Waals surface area contributed by atoms with E-state index in [1.165, 1.54) is 0 Å². The average Bonchev–Trinajstić information content (AvgIpc) is 3.50. The van der Waals surface area contributed by atoms with E-state index in [4.69, 9.17) is 32.7 Å². The molecule has 0 saturated heterocycles. The van der Waals surface area contributed by atoms with Gasteiger partial charge < -0.3 is 4.52 Å². The molecule has 0 radical (unpaired) electrons. The number of rotatable bonds is 6. The first-order valence-electron chi connectivity index (χ1n) is 11.4. The van der Waals surface area contributed by atoms with Gasteiger partial charge in [-0.25, -0.2) is 5.01 Å². The van der Waals surface area contributed by atoms with Crippen LogP contribution < -0.4 is 21.3 Å². The minimum absolute atomic E-state index is 0.344. The van der Waals surface area contributed by atoms with Gasteiger partial charge >= 0.3 is 0 Å². The Morgan fingerprint density at radius 2 is 1.57 bits per heavy atom. The Kier molecular flexibility index (Phi) is 5.99. The summed E-state index contributed by atoms with van der Waals surface area (Å²) in [5.41, 5.74) is 14.4. The summed E-state index contributed by atoms with van der Waals surface area (Å²) in [6.07, 6.45) is 0. The van der Waals surface area contributed by atoms with E-state index >= 15 is 0 Å². The molecule has 1 atom stereocenters. The van der Waals surface area contributed by atoms with Gasteiger partial charge in [0.25, 0.3) is 5.95 Å². The van der Waals surface area contributed by atoms with Crippen LogP contribution in [0.4, 0.5) is 23.3 Å². The SMILES string of the molecule is Cc1nnc(N2Nc3onc(-c4ccccc4)c3C2c2ccc(Cl)cc2)nc1NNc1ccc(Cl)cc1. The van der Waals surface area contributed by atoms with Crippen molar-refractivity contribution in [3.63, 3.8) is 0 Å². The van der Waals surface area contributed by atoms with Crippen LogP contribution in [-0.4, -0.2) is 20.3 Å². The second-order valence-electron chi connectivity index (χ2n) is 8.38. The van der Waals surface area contributed by atoms with Gasteiger partial charge in [-0.3, -0.25) is 16.3 Å². The molecule has 0 bridgehead atoms. The van der Waals surface area contributed by atoms with Gasteiger partial charge in [-0.1, -0.05) is 70.8 Å². The lowest BCUT2D eigenvalue weighted by molar-refractivity contribution is 0.435. The van der Waals surface area contributed by atoms with Crippen molar-refractivity contribution in [2.75, 3.05) is 21.3 Å². The average molecular weight is 531 g/mol. The van der Waals surface area contributed by atoms with Gasteiger partial charge in [0.2, 0.25) is 5.88 Å². The lowest BCUT2D eigenvalue weighted by atomic mass is 9.96. The van der Waals surface area contributed by atoms with Crippen LogP contribution in [0.2, 0.25) is 10.0 Å². The highest BCUT2D eigenvalue weighted by Crippen LogP contribution is 2.46. The van der Waals surface area contributed by atoms with E-state index in [0.29, 0.717) is 33.4 Å². The van der Waals surface area contributed by atoms with Gasteiger partial charge in [-0.2, -0.15) is 4.98 Å². The van der Waals surface area contributed by atoms with E-state index in [2.05, 4.69) is 31.6 Å². The van der Waals surface area contributed by atoms with Crippen molar-refractivity contribution >= 4 is 46.5 Å². The Morgan fingerprint density at radius 1 is 0.865 bits per heavy atom. The molecule has 6 rings (SSSR count). The number of hydrazine groups is 2. The number of aryl methyl sites for hydroxylation is 1. The van der Waals surface area contributed by atoms with Crippen molar-refractivity contribution in [1.29, 1.82) is 0 Å². The zero-order chi connectivity index (χ0) is 25.4. The number of aromatic nitrogens is 4. The van der Waals surface area contributed by atoms with Crippen LogP contribution in [0.1, 0.15) is 22.9 Å². The molecule has 184 valence electrons. The number of nitrogens with one attached hydrogen (secondary N) is 3. The van der Waals surface area contributed by atoms with Crippen LogP contribution in [0.5, 0.6) is 0 Å². The maximum absolute atomic E-state index is 6.19. The first-order valence-corrected chi connectivity index (χ1v) is 12.2. The van der Waals surface area contributed by atoms with E-state index in [9.17, 15) is 0 Å². The van der Waals surface area contributed by atoms with Gasteiger partial charge in [0.1, 0.15) is 17.4 Å². The molecule has 1 aliphatic rings. The lowest BCUT2D eigenvalue weighted by Crippen LogP contribution is -2.31. The first-order chi connectivity index (χ1) is 18.1. The standard InChI is InChI=1S/C26H20Cl2N8O/c1-15-24(32-31-20-13-11-19(28)12-14-20)29-26(33-30-15)36-23(17-7-9-18(27)10-8-17)21-22(35-37-25(21)34-36)16-5-3-2-4-6-16/h2-14,23,31,34H,1H3,(H,29,32,33). The summed E-state index contributed by atoms with van der Waals surface area (Å²) in [5, 5.41) is 16.2. The summed E-state index contributed by atoms with van der Waals surface area (Å²) in [4.78, 5) is 4.75. The molecule has 5 aromatic rings. The number of hydrogen-bond acceptors (Lipinski definition) is 9. The fourth-order valence-electron chi connectivity index (χ4n) is 4.12. The summed E-state index contributed by atoms with van der Waals surface area (Å²) in [7, 11) is 0. The molecular formula is C26H20Cl2N8O. The van der Waals surface area contributed by atoms with Crippen molar-refractivity contribution < 1.29 is 4.52 Å². The Hall–Kier alpha value is -4.34. The minimum Gasteiger partial charge on any atom is -0.336 e. The third-order valence-electron chi connectivity index (χ3n) is 5.94. The zero-order valence-corrected chi connectivity index (χ0v) is 21.0. The molecule has 2 aromatic heterocycles. The number of benzene rings is 3. The van der Waals surface area contributed by atoms with Crippen molar-refractivity contribution in [1.82, 2.24) is 20.3 Å². The summed E-state index contributed by atoms with van der Waals surface area (Å²) < 4.78 is 5.71. The summed E-state index contributed by atoms with van der Waals surface area (Å²) in [6, 6.07) is 24.4. The van der Waals surface area contributed by atoms with Gasteiger partial charge in [-0.15, -0.1) is 10.2 Å². The quantitative estimate of drug-likeness (QED) is 0.211. The van der Waals surface area contributed by atoms with Crippen LogP contribution in [0.25, 0.3) is 11.3 Å². The molecule has 0 amide bonds. The van der Waals surface area contributed by atoms with Crippen molar-refractivity contribution in [2.45, 2.75) is 13.0 Å². The summed E-state index contributed by atoms with van der Waals surface area (Å²) >= 11 is 12.2. The number of halogens is 2. The molecule has 3 heterocycles. The Bertz CT molecular complexity index is 1540. The summed E-state index contributed by atoms with van der Waals surface area (Å²) in [6.45, 7) is 1.82. The van der Waals surface area contributed by atoms with E-state index in [1.807, 2.05) is 78.7 Å². The third-order valence-corrected chi connectivity index (χ3v) is 6.45. The molecule has 37 heavy (non-hydrogen) atoms. The molecule has 0 spiro atoms. The molecule has 3 aromatic carbocycles. The van der Waals surface area contributed by atoms with Crippen molar-refractivity contribution in [3.05, 3.63) is 106 Å². The number of fused-ring (bicyclic) bond motifs is 1. The molecule has 9 nitrogen and oxygen atoms in total. The number of nitrogens with zero attached hydrogens (tertiary/aromatic N) is 5. The van der Waals surface area contributed by atoms with Crippen LogP contribution in [0, 0.1) is 6.92 Å². The van der Waals surface area contributed by atoms with Gasteiger partial charge in [-0.05, 0) is 48.9 Å². The fraction of sp³-hybridized carbons (Fsp3) is 0.0769. The van der Waals surface area contributed by atoms with Gasteiger partial charge in [0, 0.05) is 15.6 Å². The zero-order valence-electron chi connectivity index (χ0n) is 19.5. The van der Waals surface area contributed by atoms with Gasteiger partial charge in [0.15, 0.2) is 5.82 Å². The molecule has 0 saturated carbocycles. The highest BCUT2D eigenvalue weighted by Gasteiger charge is 2.40. The molecule has 0 aliphatic carbocycles. The van der Waals surface area contributed by atoms with E-state index < -0.39 is 0 Å². The lowest BCUT2D eigenvalue weighted by Gasteiger charge is -2.25. The maximum atomic E-state index is 6.19. The monoisotopic (exact) mass is 530 g/mol. The third kappa shape index (κ3) is 4.50. The molecule has 11 heteroatoms. The Morgan fingerprint density at radius 3 is 2.30 bits per heavy atom. The number of hydrogen-bond donors (Lipinski definition) is 3. The predicted octanol–water partition coefficient (Wildman–Crippen LogP) is 6.52. The Labute approximate surface area is 222 Å². The largest absolute Gasteiger partial charge is 0.336 e. The van der Waals surface area contributed by atoms with Crippen LogP contribution in [-0.2, 0) is 0 Å². The highest BCUT2D eigenvalue weighted by atomic mass is 35.5. The first kappa shape index (κ1) is 23.1. The van der Waals surface area contributed by atoms with Crippen molar-refractivity contribution in [2.24, 2.45) is 0 Å². The topological polar surface area (TPSA) is 104 Å². The molecule has 1 aliphatic heterocycles. The maximum Gasteiger partial charge on any atom is 0.267 e. The number of anilines is 4. The predicted molar refractivity (Wildman–Crippen MR) is 145 cm³/mol. The van der Waals surface area contributed by atoms with E-state index in [-0.39, 0.29) is 6.04 Å². The normalized spacial score (nSPS) is 14.2.